The summed E-state index contributed by atoms with van der Waals surface area (Å²) in [7, 11) is 1.42. The van der Waals surface area contributed by atoms with Gasteiger partial charge in [0, 0.05) is 13.1 Å². The maximum atomic E-state index is 13.3. The van der Waals surface area contributed by atoms with Crippen molar-refractivity contribution in [1.29, 1.82) is 0 Å². The van der Waals surface area contributed by atoms with Crippen molar-refractivity contribution in [2.75, 3.05) is 0 Å². The van der Waals surface area contributed by atoms with E-state index in [-0.39, 0.29) is 11.3 Å². The van der Waals surface area contributed by atoms with E-state index < -0.39 is 5.95 Å². The van der Waals surface area contributed by atoms with E-state index in [1.165, 1.54) is 7.05 Å². The van der Waals surface area contributed by atoms with Gasteiger partial charge in [-0.2, -0.15) is 9.49 Å². The molecule has 5 nitrogen and oxygen atoms in total. The van der Waals surface area contributed by atoms with Crippen LogP contribution in [0.3, 0.4) is 0 Å². The Morgan fingerprint density at radius 2 is 2.33 bits per heavy atom. The fourth-order valence-electron chi connectivity index (χ4n) is 1.29. The first-order valence-corrected chi connectivity index (χ1v) is 4.25. The molecular weight excluding hydrogens is 201 g/mol. The SMILES string of the molecule is Cc1cc(-c2nn(C)c(F)c2C=O)no1. The molecule has 0 N–H and O–H groups in total. The second-order valence-corrected chi connectivity index (χ2v) is 3.12. The Balaban J connectivity index is 2.62. The van der Waals surface area contributed by atoms with Crippen molar-refractivity contribution in [3.8, 4) is 11.4 Å². The van der Waals surface area contributed by atoms with Gasteiger partial charge >= 0.3 is 0 Å². The van der Waals surface area contributed by atoms with Crippen LogP contribution in [0.1, 0.15) is 16.1 Å². The molecule has 0 unspecified atom stereocenters. The summed E-state index contributed by atoms with van der Waals surface area (Å²) in [6.45, 7) is 1.70. The summed E-state index contributed by atoms with van der Waals surface area (Å²) in [6.07, 6.45) is 0.418. The van der Waals surface area contributed by atoms with Crippen molar-refractivity contribution in [2.24, 2.45) is 7.05 Å². The van der Waals surface area contributed by atoms with Gasteiger partial charge in [0.15, 0.2) is 6.29 Å². The maximum Gasteiger partial charge on any atom is 0.222 e. The van der Waals surface area contributed by atoms with Gasteiger partial charge in [-0.1, -0.05) is 5.16 Å². The van der Waals surface area contributed by atoms with Gasteiger partial charge in [0.1, 0.15) is 17.1 Å². The molecule has 0 bridgehead atoms. The Kier molecular flexibility index (Phi) is 2.11. The van der Waals surface area contributed by atoms with Gasteiger partial charge in [0.05, 0.1) is 5.56 Å². The van der Waals surface area contributed by atoms with Crippen molar-refractivity contribution in [3.05, 3.63) is 23.3 Å². The first-order chi connectivity index (χ1) is 7.13. The number of hydrogen-bond acceptors (Lipinski definition) is 4. The quantitative estimate of drug-likeness (QED) is 0.700. The van der Waals surface area contributed by atoms with Crippen LogP contribution in [0, 0.1) is 12.9 Å². The van der Waals surface area contributed by atoms with Crippen LogP contribution in [0.15, 0.2) is 10.6 Å². The number of hydrogen-bond donors (Lipinski definition) is 0. The molecule has 2 heterocycles. The van der Waals surface area contributed by atoms with E-state index in [4.69, 9.17) is 4.52 Å². The van der Waals surface area contributed by atoms with Gasteiger partial charge in [-0.25, -0.2) is 4.68 Å². The van der Waals surface area contributed by atoms with Crippen LogP contribution in [-0.2, 0) is 7.05 Å². The molecule has 0 saturated heterocycles. The minimum Gasteiger partial charge on any atom is -0.361 e. The molecule has 0 amide bonds. The second kappa shape index (κ2) is 3.30. The van der Waals surface area contributed by atoms with Crippen LogP contribution in [0.25, 0.3) is 11.4 Å². The monoisotopic (exact) mass is 209 g/mol. The number of carbonyl (C=O) groups is 1. The summed E-state index contributed by atoms with van der Waals surface area (Å²) >= 11 is 0. The Morgan fingerprint density at radius 1 is 1.60 bits per heavy atom. The standard InChI is InChI=1S/C9H8FN3O2/c1-5-3-7(12-15-5)8-6(4-14)9(10)13(2)11-8/h3-4H,1-2H3. The molecule has 0 fully saturated rings. The van der Waals surface area contributed by atoms with E-state index in [1.807, 2.05) is 0 Å². The van der Waals surface area contributed by atoms with Crippen molar-refractivity contribution in [1.82, 2.24) is 14.9 Å². The molecule has 0 aliphatic rings. The van der Waals surface area contributed by atoms with E-state index in [2.05, 4.69) is 10.3 Å². The van der Waals surface area contributed by atoms with Crippen LogP contribution in [0.5, 0.6) is 0 Å². The fraction of sp³-hybridized carbons (Fsp3) is 0.222. The van der Waals surface area contributed by atoms with E-state index in [0.717, 1.165) is 4.68 Å². The largest absolute Gasteiger partial charge is 0.361 e. The zero-order chi connectivity index (χ0) is 11.0. The fourth-order valence-corrected chi connectivity index (χ4v) is 1.29. The van der Waals surface area contributed by atoms with Crippen LogP contribution < -0.4 is 0 Å². The first kappa shape index (κ1) is 9.57. The lowest BCUT2D eigenvalue weighted by atomic mass is 10.2. The highest BCUT2D eigenvalue weighted by Crippen LogP contribution is 2.22. The average Bonchev–Trinajstić information content (AvgIpc) is 2.73. The van der Waals surface area contributed by atoms with Crippen molar-refractivity contribution >= 4 is 6.29 Å². The number of aldehydes is 1. The lowest BCUT2D eigenvalue weighted by Gasteiger charge is -1.86. The predicted molar refractivity (Wildman–Crippen MR) is 48.8 cm³/mol. The van der Waals surface area contributed by atoms with E-state index in [9.17, 15) is 9.18 Å². The van der Waals surface area contributed by atoms with Gasteiger partial charge in [0.25, 0.3) is 0 Å². The summed E-state index contributed by atoms with van der Waals surface area (Å²) in [5, 5.41) is 7.53. The van der Waals surface area contributed by atoms with Gasteiger partial charge in [-0.15, -0.1) is 0 Å². The molecule has 2 aromatic heterocycles. The third kappa shape index (κ3) is 1.43. The Bertz CT molecular complexity index is 515. The van der Waals surface area contributed by atoms with Gasteiger partial charge in [0.2, 0.25) is 5.95 Å². The van der Waals surface area contributed by atoms with E-state index in [1.54, 1.807) is 13.0 Å². The average molecular weight is 209 g/mol. The first-order valence-electron chi connectivity index (χ1n) is 4.25. The van der Waals surface area contributed by atoms with Crippen LogP contribution >= 0.6 is 0 Å². The molecule has 0 aliphatic carbocycles. The van der Waals surface area contributed by atoms with E-state index in [0.29, 0.717) is 17.7 Å². The molecule has 0 saturated carbocycles. The molecule has 0 spiro atoms. The van der Waals surface area contributed by atoms with Crippen molar-refractivity contribution in [2.45, 2.75) is 6.92 Å². The van der Waals surface area contributed by atoms with E-state index >= 15 is 0 Å². The molecule has 15 heavy (non-hydrogen) atoms. The lowest BCUT2D eigenvalue weighted by Crippen LogP contribution is -1.94. The third-order valence-corrected chi connectivity index (χ3v) is 2.00. The Hall–Kier alpha value is -1.98. The molecule has 0 aromatic carbocycles. The summed E-state index contributed by atoms with van der Waals surface area (Å²) < 4.78 is 19.1. The second-order valence-electron chi connectivity index (χ2n) is 3.12. The summed E-state index contributed by atoms with van der Waals surface area (Å²) in [5.74, 6) is -0.103. The van der Waals surface area contributed by atoms with Crippen LogP contribution in [-0.4, -0.2) is 21.2 Å². The lowest BCUT2D eigenvalue weighted by molar-refractivity contribution is 0.112. The Morgan fingerprint density at radius 3 is 2.87 bits per heavy atom. The summed E-state index contributed by atoms with van der Waals surface area (Å²) in [5.41, 5.74) is 0.446. The van der Waals surface area contributed by atoms with Crippen LogP contribution in [0.4, 0.5) is 4.39 Å². The minimum absolute atomic E-state index is 0.106. The summed E-state index contributed by atoms with van der Waals surface area (Å²) in [6, 6.07) is 1.59. The molecular formula is C9H8FN3O2. The Labute approximate surface area is 84.5 Å². The van der Waals surface area contributed by atoms with Crippen molar-refractivity contribution < 1.29 is 13.7 Å². The molecule has 78 valence electrons. The molecule has 0 radical (unpaired) electrons. The van der Waals surface area contributed by atoms with Gasteiger partial charge < -0.3 is 4.52 Å². The smallest absolute Gasteiger partial charge is 0.222 e. The molecule has 0 atom stereocenters. The number of halogens is 1. The topological polar surface area (TPSA) is 60.9 Å². The molecule has 0 aliphatic heterocycles. The number of rotatable bonds is 2. The summed E-state index contributed by atoms with van der Waals surface area (Å²) in [4.78, 5) is 10.7. The maximum absolute atomic E-state index is 13.3. The highest BCUT2D eigenvalue weighted by molar-refractivity contribution is 5.84. The van der Waals surface area contributed by atoms with Crippen molar-refractivity contribution in [3.63, 3.8) is 0 Å². The highest BCUT2D eigenvalue weighted by atomic mass is 19.1. The number of aryl methyl sites for hydroxylation is 2. The third-order valence-electron chi connectivity index (χ3n) is 2.00. The number of aromatic nitrogens is 3. The van der Waals surface area contributed by atoms with Gasteiger partial charge in [-0.05, 0) is 6.92 Å². The zero-order valence-electron chi connectivity index (χ0n) is 8.19. The zero-order valence-corrected chi connectivity index (χ0v) is 8.19. The predicted octanol–water partition coefficient (Wildman–Crippen LogP) is 1.34. The molecule has 2 aromatic rings. The minimum atomic E-state index is -0.680. The van der Waals surface area contributed by atoms with Gasteiger partial charge in [-0.3, -0.25) is 4.79 Å². The molecule has 2 rings (SSSR count). The normalized spacial score (nSPS) is 10.6. The number of carbonyl (C=O) groups excluding carboxylic acids is 1. The molecule has 6 heteroatoms. The van der Waals surface area contributed by atoms with Crippen LogP contribution in [0.2, 0.25) is 0 Å². The number of nitrogens with zero attached hydrogens (tertiary/aromatic N) is 3. The highest BCUT2D eigenvalue weighted by Gasteiger charge is 2.19.